The Labute approximate surface area is 80.5 Å². The molecular weight excluding hydrogens is 192 g/mol. The number of ether oxygens (including phenoxy) is 1. The highest BCUT2D eigenvalue weighted by molar-refractivity contribution is 7.94. The molecule has 4 nitrogen and oxygen atoms in total. The Hall–Kier alpha value is -0.750. The van der Waals surface area contributed by atoms with Crippen molar-refractivity contribution in [2.45, 2.75) is 11.8 Å². The molecule has 1 aromatic rings. The van der Waals surface area contributed by atoms with Crippen LogP contribution in [0.5, 0.6) is 5.75 Å². The summed E-state index contributed by atoms with van der Waals surface area (Å²) in [4.78, 5) is 0.827. The Morgan fingerprint density at radius 1 is 1.38 bits per heavy atom. The first kappa shape index (κ1) is 10.3. The maximum absolute atomic E-state index is 7.97. The lowest BCUT2D eigenvalue weighted by Crippen LogP contribution is -1.86. The van der Waals surface area contributed by atoms with E-state index < -0.39 is 0 Å². The molecule has 0 heterocycles. The van der Waals surface area contributed by atoms with Gasteiger partial charge in [0.15, 0.2) is 0 Å². The van der Waals surface area contributed by atoms with E-state index in [4.69, 9.17) is 9.99 Å². The highest BCUT2D eigenvalue weighted by Crippen LogP contribution is 2.27. The Kier molecular flexibility index (Phi) is 4.04. The molecule has 0 amide bonds. The predicted molar refractivity (Wildman–Crippen MR) is 48.4 cm³/mol. The molecule has 1 N–H and O–H groups in total. The fourth-order valence-electron chi connectivity index (χ4n) is 0.849. The van der Waals surface area contributed by atoms with Crippen LogP contribution in [0.4, 0.5) is 0 Å². The van der Waals surface area contributed by atoms with Crippen molar-refractivity contribution in [3.63, 3.8) is 0 Å². The van der Waals surface area contributed by atoms with Gasteiger partial charge in [-0.1, -0.05) is 11.1 Å². The molecule has 1 rings (SSSR count). The highest BCUT2D eigenvalue weighted by Gasteiger charge is 2.02. The van der Waals surface area contributed by atoms with Gasteiger partial charge in [-0.15, -0.1) is 4.33 Å². The minimum absolute atomic E-state index is 0.731. The van der Waals surface area contributed by atoms with E-state index in [1.54, 1.807) is 13.2 Å². The summed E-state index contributed by atoms with van der Waals surface area (Å²) in [6.45, 7) is 1.92. The zero-order valence-corrected chi connectivity index (χ0v) is 8.13. The number of hydrogen-bond donors (Lipinski definition) is 1. The van der Waals surface area contributed by atoms with Crippen LogP contribution in [0, 0.1) is 6.92 Å². The molecule has 0 spiro atoms. The molecule has 0 bridgehead atoms. The molecule has 0 aromatic heterocycles. The smallest absolute Gasteiger partial charge is 0.120 e. The minimum atomic E-state index is 0.731. The van der Waals surface area contributed by atoms with Crippen LogP contribution >= 0.6 is 12.0 Å². The Morgan fingerprint density at radius 2 is 2.15 bits per heavy atom. The van der Waals surface area contributed by atoms with Crippen molar-refractivity contribution in [1.82, 2.24) is 0 Å². The number of rotatable bonds is 4. The van der Waals surface area contributed by atoms with Crippen LogP contribution in [-0.2, 0) is 9.37 Å². The van der Waals surface area contributed by atoms with Crippen LogP contribution < -0.4 is 4.74 Å². The minimum Gasteiger partial charge on any atom is -0.497 e. The monoisotopic (exact) mass is 202 g/mol. The maximum atomic E-state index is 7.97. The fourth-order valence-corrected chi connectivity index (χ4v) is 1.32. The average Bonchev–Trinajstić information content (AvgIpc) is 2.17. The van der Waals surface area contributed by atoms with Gasteiger partial charge < -0.3 is 4.74 Å². The van der Waals surface area contributed by atoms with E-state index in [9.17, 15) is 0 Å². The second-order valence-corrected chi connectivity index (χ2v) is 3.10. The zero-order valence-electron chi connectivity index (χ0n) is 7.31. The standard InChI is InChI=1S/C8H10O4S/c1-6-3-4-7(10-2)5-8(6)13-12-11-9/h3-5,9H,1-2H3. The van der Waals surface area contributed by atoms with Crippen LogP contribution in [-0.4, -0.2) is 12.4 Å². The third-order valence-corrected chi connectivity index (χ3v) is 2.30. The lowest BCUT2D eigenvalue weighted by molar-refractivity contribution is -0.432. The number of methoxy groups -OCH3 is 1. The molecule has 0 atom stereocenters. The largest absolute Gasteiger partial charge is 0.497 e. The first-order valence-corrected chi connectivity index (χ1v) is 4.31. The number of benzene rings is 1. The molecule has 72 valence electrons. The molecule has 0 aliphatic heterocycles. The molecule has 0 fully saturated rings. The van der Waals surface area contributed by atoms with Crippen molar-refractivity contribution in [3.8, 4) is 5.75 Å². The van der Waals surface area contributed by atoms with E-state index in [0.717, 1.165) is 28.3 Å². The number of aryl methyl sites for hydroxylation is 1. The van der Waals surface area contributed by atoms with Gasteiger partial charge in [0.2, 0.25) is 0 Å². The summed E-state index contributed by atoms with van der Waals surface area (Å²) in [6, 6.07) is 5.53. The summed E-state index contributed by atoms with van der Waals surface area (Å²) in [5.41, 5.74) is 1.02. The third-order valence-electron chi connectivity index (χ3n) is 1.55. The van der Waals surface area contributed by atoms with Crippen LogP contribution in [0.1, 0.15) is 5.56 Å². The Bertz CT molecular complexity index is 277. The molecule has 5 heteroatoms. The van der Waals surface area contributed by atoms with E-state index in [2.05, 4.69) is 9.37 Å². The Balaban J connectivity index is 2.78. The fraction of sp³-hybridized carbons (Fsp3) is 0.250. The molecule has 0 aliphatic carbocycles. The second-order valence-electron chi connectivity index (χ2n) is 2.36. The van der Waals surface area contributed by atoms with Gasteiger partial charge in [-0.3, -0.25) is 0 Å². The van der Waals surface area contributed by atoms with Crippen LogP contribution in [0.25, 0.3) is 0 Å². The summed E-state index contributed by atoms with van der Waals surface area (Å²) in [7, 11) is 1.59. The van der Waals surface area contributed by atoms with E-state index in [1.807, 2.05) is 19.1 Å². The zero-order chi connectivity index (χ0) is 9.68. The molecule has 0 aliphatic rings. The topological polar surface area (TPSA) is 47.9 Å². The summed E-state index contributed by atoms with van der Waals surface area (Å²) >= 11 is 0.924. The predicted octanol–water partition coefficient (Wildman–Crippen LogP) is 2.43. The molecule has 13 heavy (non-hydrogen) atoms. The highest BCUT2D eigenvalue weighted by atomic mass is 32.2. The second kappa shape index (κ2) is 5.08. The first-order valence-electron chi connectivity index (χ1n) is 3.57. The van der Waals surface area contributed by atoms with Gasteiger partial charge in [-0.25, -0.2) is 5.26 Å². The SMILES string of the molecule is COc1ccc(C)c(SOOO)c1. The average molecular weight is 202 g/mol. The van der Waals surface area contributed by atoms with Gasteiger partial charge in [-0.2, -0.15) is 0 Å². The van der Waals surface area contributed by atoms with Gasteiger partial charge >= 0.3 is 0 Å². The van der Waals surface area contributed by atoms with Crippen molar-refractivity contribution in [1.29, 1.82) is 0 Å². The lowest BCUT2D eigenvalue weighted by atomic mass is 10.2. The normalized spacial score (nSPS) is 10.1. The summed E-state index contributed by atoms with van der Waals surface area (Å²) in [6.07, 6.45) is 0. The van der Waals surface area contributed by atoms with Gasteiger partial charge in [0, 0.05) is 4.90 Å². The van der Waals surface area contributed by atoms with E-state index in [0.29, 0.717) is 0 Å². The first-order chi connectivity index (χ1) is 6.27. The quantitative estimate of drug-likeness (QED) is 0.461. The molecule has 0 saturated heterocycles. The van der Waals surface area contributed by atoms with Crippen LogP contribution in [0.3, 0.4) is 0 Å². The summed E-state index contributed by atoms with van der Waals surface area (Å²) in [5, 5.41) is 11.5. The third kappa shape index (κ3) is 2.89. The van der Waals surface area contributed by atoms with Crippen molar-refractivity contribution < 1.29 is 19.4 Å². The van der Waals surface area contributed by atoms with Crippen molar-refractivity contribution in [2.75, 3.05) is 7.11 Å². The van der Waals surface area contributed by atoms with Gasteiger partial charge in [0.05, 0.1) is 19.2 Å². The molecular formula is C8H10O4S. The summed E-state index contributed by atoms with van der Waals surface area (Å²) in [5.74, 6) is 0.731. The summed E-state index contributed by atoms with van der Waals surface area (Å²) < 4.78 is 9.33. The van der Waals surface area contributed by atoms with E-state index in [1.165, 1.54) is 0 Å². The van der Waals surface area contributed by atoms with E-state index >= 15 is 0 Å². The van der Waals surface area contributed by atoms with Crippen molar-refractivity contribution in [2.24, 2.45) is 0 Å². The van der Waals surface area contributed by atoms with Gasteiger partial charge in [0.25, 0.3) is 0 Å². The van der Waals surface area contributed by atoms with Crippen LogP contribution in [0.2, 0.25) is 0 Å². The maximum Gasteiger partial charge on any atom is 0.120 e. The molecule has 0 saturated carbocycles. The number of hydrogen-bond acceptors (Lipinski definition) is 5. The Morgan fingerprint density at radius 3 is 2.77 bits per heavy atom. The molecule has 0 unspecified atom stereocenters. The lowest BCUT2D eigenvalue weighted by Gasteiger charge is -2.05. The molecule has 0 radical (unpaired) electrons. The van der Waals surface area contributed by atoms with E-state index in [-0.39, 0.29) is 0 Å². The van der Waals surface area contributed by atoms with Crippen LogP contribution in [0.15, 0.2) is 23.1 Å². The van der Waals surface area contributed by atoms with Crippen molar-refractivity contribution in [3.05, 3.63) is 23.8 Å². The van der Waals surface area contributed by atoms with Gasteiger partial charge in [0.1, 0.15) is 5.75 Å². The van der Waals surface area contributed by atoms with Gasteiger partial charge in [-0.05, 0) is 24.6 Å². The van der Waals surface area contributed by atoms with Crippen molar-refractivity contribution >= 4 is 12.0 Å². The molecule has 1 aromatic carbocycles.